The number of carboxylic acid groups (broad SMARTS) is 1. The Morgan fingerprint density at radius 2 is 0.787 bits per heavy atom. The molecule has 47 heavy (non-hydrogen) atoms. The Morgan fingerprint density at radius 1 is 0.468 bits per heavy atom. The number of unbranched alkanes of at least 4 members (excludes halogenated alkanes) is 6. The van der Waals surface area contributed by atoms with Crippen LogP contribution in [0, 0.1) is 0 Å². The van der Waals surface area contributed by atoms with Gasteiger partial charge in [0.25, 0.3) is 0 Å². The Bertz CT molecular complexity index is 973. The molecule has 0 aliphatic rings. The van der Waals surface area contributed by atoms with E-state index in [0.717, 1.165) is 0 Å². The number of carbonyl (C=O) groups excluding carboxylic acids is 6. The molecule has 6 amide bonds. The van der Waals surface area contributed by atoms with Crippen molar-refractivity contribution in [2.24, 2.45) is 0 Å². The third-order valence-corrected chi connectivity index (χ3v) is 6.74. The number of hydroxylamine groups is 6. The van der Waals surface area contributed by atoms with E-state index in [4.69, 9.17) is 5.11 Å². The molecule has 0 aliphatic heterocycles. The fourth-order valence-corrected chi connectivity index (χ4v) is 3.96. The van der Waals surface area contributed by atoms with Crippen molar-refractivity contribution in [3.8, 4) is 0 Å². The number of aliphatic carboxylic acids is 1. The molecule has 18 heteroatoms. The molecule has 17 nitrogen and oxygen atoms in total. The van der Waals surface area contributed by atoms with Crippen LogP contribution in [0.5, 0.6) is 0 Å². The molecule has 0 aromatic carbocycles. The molecular formula is C29H52FeN6O11. The first-order chi connectivity index (χ1) is 21.8. The summed E-state index contributed by atoms with van der Waals surface area (Å²) in [4.78, 5) is 80.6. The van der Waals surface area contributed by atoms with Crippen molar-refractivity contribution >= 4 is 41.4 Å². The van der Waals surface area contributed by atoms with Crippen LogP contribution in [0.2, 0.25) is 0 Å². The predicted molar refractivity (Wildman–Crippen MR) is 162 cm³/mol. The average Bonchev–Trinajstić information content (AvgIpc) is 3.01. The molecule has 7 N–H and O–H groups in total. The summed E-state index contributed by atoms with van der Waals surface area (Å²) in [7, 11) is 0. The summed E-state index contributed by atoms with van der Waals surface area (Å²) in [5.41, 5.74) is 0. The summed E-state index contributed by atoms with van der Waals surface area (Å²) in [5, 5.41) is 47.3. The maximum atomic E-state index is 12.0. The maximum absolute atomic E-state index is 12.0. The van der Waals surface area contributed by atoms with Crippen LogP contribution in [-0.2, 0) is 50.6 Å². The van der Waals surface area contributed by atoms with Crippen LogP contribution in [0.15, 0.2) is 0 Å². The summed E-state index contributed by atoms with van der Waals surface area (Å²) in [6.07, 6.45) is 4.59. The molecule has 0 aliphatic carbocycles. The minimum absolute atomic E-state index is 0. The normalized spacial score (nSPS) is 10.3. The predicted octanol–water partition coefficient (Wildman–Crippen LogP) is 0.942. The van der Waals surface area contributed by atoms with Crippen LogP contribution in [-0.4, -0.2) is 117 Å². The molecule has 0 saturated heterocycles. The van der Waals surface area contributed by atoms with Crippen molar-refractivity contribution < 1.29 is 71.4 Å². The van der Waals surface area contributed by atoms with E-state index in [-0.39, 0.29) is 92.9 Å². The largest absolute Gasteiger partial charge is 0.481 e. The molecule has 0 unspecified atom stereocenters. The summed E-state index contributed by atoms with van der Waals surface area (Å²) in [5.74, 6) is -3.63. The zero-order valence-corrected chi connectivity index (χ0v) is 28.3. The van der Waals surface area contributed by atoms with Crippen molar-refractivity contribution in [3.63, 3.8) is 0 Å². The number of nitrogens with one attached hydrogen (secondary N) is 3. The molecule has 0 rings (SSSR count). The van der Waals surface area contributed by atoms with Gasteiger partial charge >= 0.3 is 5.97 Å². The van der Waals surface area contributed by atoms with Crippen LogP contribution in [0.3, 0.4) is 0 Å². The first kappa shape index (κ1) is 45.8. The number of carbonyl (C=O) groups is 7. The van der Waals surface area contributed by atoms with E-state index in [1.807, 2.05) is 0 Å². The Kier molecular flexibility index (Phi) is 28.1. The van der Waals surface area contributed by atoms with Gasteiger partial charge in [0.15, 0.2) is 0 Å². The van der Waals surface area contributed by atoms with Gasteiger partial charge in [-0.2, -0.15) is 0 Å². The average molecular weight is 717 g/mol. The molecule has 0 atom stereocenters. The number of amides is 6. The number of rotatable bonds is 27. The molecule has 0 saturated carbocycles. The monoisotopic (exact) mass is 716 g/mol. The number of nitrogens with zero attached hydrogens (tertiary/aromatic N) is 3. The second-order valence-electron chi connectivity index (χ2n) is 10.8. The van der Waals surface area contributed by atoms with E-state index in [2.05, 4.69) is 16.0 Å². The van der Waals surface area contributed by atoms with Gasteiger partial charge in [0.1, 0.15) is 0 Å². The number of hydrogen-bond donors (Lipinski definition) is 7. The van der Waals surface area contributed by atoms with Crippen molar-refractivity contribution in [2.45, 2.75) is 103 Å². The van der Waals surface area contributed by atoms with Gasteiger partial charge in [-0.05, 0) is 57.8 Å². The smallest absolute Gasteiger partial charge is 0.303 e. The SMILES string of the molecule is CC(=O)N(O)CCCCCNC(=O)CCC(=O)N(O)CCCCCNC(=O)CCC(=O)N(O)CCCCCNC(=O)CCC(=O)O.[Fe]. The Labute approximate surface area is 286 Å². The van der Waals surface area contributed by atoms with Gasteiger partial charge in [0.2, 0.25) is 35.4 Å². The van der Waals surface area contributed by atoms with E-state index in [0.29, 0.717) is 92.6 Å². The van der Waals surface area contributed by atoms with Crippen molar-refractivity contribution in [1.29, 1.82) is 0 Å². The van der Waals surface area contributed by atoms with Crippen LogP contribution in [0.4, 0.5) is 0 Å². The second kappa shape index (κ2) is 28.9. The van der Waals surface area contributed by atoms with Crippen LogP contribution in [0.25, 0.3) is 0 Å². The quantitative estimate of drug-likeness (QED) is 0.0273. The Balaban J connectivity index is 0. The van der Waals surface area contributed by atoms with Crippen molar-refractivity contribution in [2.75, 3.05) is 39.3 Å². The van der Waals surface area contributed by atoms with Crippen molar-refractivity contribution in [3.05, 3.63) is 0 Å². The Hall–Kier alpha value is -3.31. The molecule has 0 aromatic heterocycles. The van der Waals surface area contributed by atoms with Gasteiger partial charge in [0.05, 0.1) is 6.42 Å². The standard InChI is InChI=1S/C29H52N6O11.Fe/c1-23(36)33(44)20-8-2-5-17-30-24(37)11-14-27(40)34(45)21-9-3-6-18-31-25(38)12-15-28(41)35(46)22-10-4-7-19-32-26(39)13-16-29(42)43;/h44-46H,2-22H2,1H3,(H,30,37)(H,31,38)(H,32,39)(H,42,43);. The molecule has 272 valence electrons. The zero-order valence-electron chi connectivity index (χ0n) is 27.2. The molecule has 0 heterocycles. The van der Waals surface area contributed by atoms with Crippen LogP contribution >= 0.6 is 0 Å². The van der Waals surface area contributed by atoms with Gasteiger partial charge in [-0.25, -0.2) is 15.2 Å². The minimum atomic E-state index is -1.04. The van der Waals surface area contributed by atoms with E-state index in [1.165, 1.54) is 6.92 Å². The third kappa shape index (κ3) is 27.5. The van der Waals surface area contributed by atoms with E-state index >= 15 is 0 Å². The molecule has 0 radical (unpaired) electrons. The first-order valence-corrected chi connectivity index (χ1v) is 15.8. The summed E-state index contributed by atoms with van der Waals surface area (Å²) in [6.45, 7) is 2.77. The number of carboxylic acids is 1. The molecular weight excluding hydrogens is 664 g/mol. The van der Waals surface area contributed by atoms with Gasteiger partial charge in [-0.1, -0.05) is 0 Å². The maximum Gasteiger partial charge on any atom is 0.303 e. The molecule has 0 fully saturated rings. The second-order valence-corrected chi connectivity index (χ2v) is 10.8. The van der Waals surface area contributed by atoms with E-state index in [9.17, 15) is 49.2 Å². The Morgan fingerprint density at radius 3 is 1.11 bits per heavy atom. The van der Waals surface area contributed by atoms with E-state index in [1.54, 1.807) is 0 Å². The number of hydrogen-bond acceptors (Lipinski definition) is 10. The third-order valence-electron chi connectivity index (χ3n) is 6.74. The summed E-state index contributed by atoms with van der Waals surface area (Å²) in [6, 6.07) is 0. The van der Waals surface area contributed by atoms with Crippen LogP contribution < -0.4 is 16.0 Å². The minimum Gasteiger partial charge on any atom is -0.481 e. The molecule has 0 aromatic rings. The van der Waals surface area contributed by atoms with Gasteiger partial charge < -0.3 is 21.1 Å². The zero-order chi connectivity index (χ0) is 34.7. The topological polar surface area (TPSA) is 246 Å². The summed E-state index contributed by atoms with van der Waals surface area (Å²) >= 11 is 0. The van der Waals surface area contributed by atoms with Gasteiger partial charge in [-0.15, -0.1) is 0 Å². The van der Waals surface area contributed by atoms with Crippen molar-refractivity contribution in [1.82, 2.24) is 31.1 Å². The fourth-order valence-electron chi connectivity index (χ4n) is 3.96. The molecule has 0 bridgehead atoms. The van der Waals surface area contributed by atoms with Gasteiger partial charge in [-0.3, -0.25) is 49.2 Å². The van der Waals surface area contributed by atoms with Gasteiger partial charge in [0, 0.05) is 95.4 Å². The van der Waals surface area contributed by atoms with Crippen LogP contribution in [0.1, 0.15) is 103 Å². The van der Waals surface area contributed by atoms with E-state index < -0.39 is 23.7 Å². The summed E-state index contributed by atoms with van der Waals surface area (Å²) < 4.78 is 0. The molecule has 0 spiro atoms. The first-order valence-electron chi connectivity index (χ1n) is 15.8. The fraction of sp³-hybridized carbons (Fsp3) is 0.759.